The van der Waals surface area contributed by atoms with Gasteiger partial charge in [-0.25, -0.2) is 4.79 Å². The van der Waals surface area contributed by atoms with Crippen molar-refractivity contribution in [3.05, 3.63) is 35.1 Å². The summed E-state index contributed by atoms with van der Waals surface area (Å²) in [4.78, 5) is 11.7. The molecule has 0 bridgehead atoms. The molecule has 0 saturated carbocycles. The zero-order valence-electron chi connectivity index (χ0n) is 9.51. The molecule has 0 saturated heterocycles. The van der Waals surface area contributed by atoms with Crippen molar-refractivity contribution in [1.29, 1.82) is 0 Å². The van der Waals surface area contributed by atoms with E-state index in [0.29, 0.717) is 16.5 Å². The van der Waals surface area contributed by atoms with Crippen LogP contribution < -0.4 is 10.6 Å². The molecule has 18 heavy (non-hydrogen) atoms. The molecule has 2 aromatic rings. The first-order chi connectivity index (χ1) is 8.65. The Morgan fingerprint density at radius 2 is 2.33 bits per heavy atom. The summed E-state index contributed by atoms with van der Waals surface area (Å²) in [5, 5.41) is 19.2. The van der Waals surface area contributed by atoms with Crippen LogP contribution in [0.15, 0.2) is 24.3 Å². The fourth-order valence-corrected chi connectivity index (χ4v) is 1.54. The van der Waals surface area contributed by atoms with Gasteiger partial charge < -0.3 is 10.6 Å². The summed E-state index contributed by atoms with van der Waals surface area (Å²) in [7, 11) is 0. The summed E-state index contributed by atoms with van der Waals surface area (Å²) in [5.41, 5.74) is 0.611. The second-order valence-electron chi connectivity index (χ2n) is 3.60. The third-order valence-corrected chi connectivity index (χ3v) is 2.41. The quantitative estimate of drug-likeness (QED) is 0.788. The van der Waals surface area contributed by atoms with E-state index >= 15 is 0 Å². The number of hydrogen-bond acceptors (Lipinski definition) is 4. The van der Waals surface area contributed by atoms with E-state index in [2.05, 4.69) is 31.3 Å². The number of carbonyl (C=O) groups excluding carboxylic acids is 1. The molecule has 0 radical (unpaired) electrons. The standard InChI is InChI=1S/C10H11ClN6O/c1-6(9-14-16-17-15-9)12-10(18)13-8-4-2-3-7(11)5-8/h2-6H,1H3,(H2,12,13,18)(H,14,15,16,17). The number of hydrogen-bond donors (Lipinski definition) is 3. The van der Waals surface area contributed by atoms with Gasteiger partial charge in [-0.05, 0) is 25.1 Å². The normalized spacial score (nSPS) is 11.9. The van der Waals surface area contributed by atoms with Gasteiger partial charge in [0, 0.05) is 10.7 Å². The van der Waals surface area contributed by atoms with Gasteiger partial charge in [0.2, 0.25) is 0 Å². The van der Waals surface area contributed by atoms with Crippen molar-refractivity contribution in [2.75, 3.05) is 5.32 Å². The number of benzene rings is 1. The fourth-order valence-electron chi connectivity index (χ4n) is 1.35. The van der Waals surface area contributed by atoms with Gasteiger partial charge in [0.05, 0.1) is 6.04 Å². The van der Waals surface area contributed by atoms with Crippen molar-refractivity contribution in [3.8, 4) is 0 Å². The van der Waals surface area contributed by atoms with E-state index in [1.54, 1.807) is 31.2 Å². The lowest BCUT2D eigenvalue weighted by Crippen LogP contribution is -2.31. The molecule has 3 N–H and O–H groups in total. The summed E-state index contributed by atoms with van der Waals surface area (Å²) in [6.07, 6.45) is 0. The zero-order chi connectivity index (χ0) is 13.0. The highest BCUT2D eigenvalue weighted by Gasteiger charge is 2.13. The van der Waals surface area contributed by atoms with Crippen LogP contribution in [0.2, 0.25) is 5.02 Å². The first-order valence-corrected chi connectivity index (χ1v) is 5.59. The van der Waals surface area contributed by atoms with Gasteiger partial charge in [-0.2, -0.15) is 5.21 Å². The lowest BCUT2D eigenvalue weighted by Gasteiger charge is -2.11. The summed E-state index contributed by atoms with van der Waals surface area (Å²) in [5.74, 6) is 0.413. The number of nitrogens with zero attached hydrogens (tertiary/aromatic N) is 3. The third kappa shape index (κ3) is 3.17. The second-order valence-corrected chi connectivity index (χ2v) is 4.04. The zero-order valence-corrected chi connectivity index (χ0v) is 10.3. The maximum atomic E-state index is 11.7. The average Bonchev–Trinajstić information content (AvgIpc) is 2.81. The molecular weight excluding hydrogens is 256 g/mol. The number of aromatic amines is 1. The SMILES string of the molecule is CC(NC(=O)Nc1cccc(Cl)c1)c1nn[nH]n1. The van der Waals surface area contributed by atoms with E-state index in [9.17, 15) is 4.79 Å². The van der Waals surface area contributed by atoms with Crippen LogP contribution in [0.3, 0.4) is 0 Å². The molecule has 1 atom stereocenters. The summed E-state index contributed by atoms with van der Waals surface area (Å²) in [6, 6.07) is 6.16. The van der Waals surface area contributed by atoms with Crippen LogP contribution >= 0.6 is 11.6 Å². The smallest absolute Gasteiger partial charge is 0.319 e. The van der Waals surface area contributed by atoms with E-state index in [4.69, 9.17) is 11.6 Å². The van der Waals surface area contributed by atoms with Gasteiger partial charge in [0.1, 0.15) is 0 Å². The van der Waals surface area contributed by atoms with Crippen LogP contribution in [-0.2, 0) is 0 Å². The largest absolute Gasteiger partial charge is 0.328 e. The molecule has 2 amide bonds. The van der Waals surface area contributed by atoms with Crippen molar-refractivity contribution in [2.45, 2.75) is 13.0 Å². The van der Waals surface area contributed by atoms with E-state index in [-0.39, 0.29) is 12.1 Å². The maximum absolute atomic E-state index is 11.7. The van der Waals surface area contributed by atoms with Crippen LogP contribution in [0.1, 0.15) is 18.8 Å². The Morgan fingerprint density at radius 3 is 3.00 bits per heavy atom. The first-order valence-electron chi connectivity index (χ1n) is 5.21. The average molecular weight is 267 g/mol. The highest BCUT2D eigenvalue weighted by molar-refractivity contribution is 6.30. The highest BCUT2D eigenvalue weighted by Crippen LogP contribution is 2.15. The lowest BCUT2D eigenvalue weighted by atomic mass is 10.3. The van der Waals surface area contributed by atoms with Crippen LogP contribution in [0.5, 0.6) is 0 Å². The Balaban J connectivity index is 1.93. The molecule has 1 aromatic carbocycles. The molecule has 0 fully saturated rings. The molecule has 1 aromatic heterocycles. The minimum Gasteiger partial charge on any atom is -0.328 e. The van der Waals surface area contributed by atoms with E-state index in [0.717, 1.165) is 0 Å². The number of carbonyl (C=O) groups is 1. The lowest BCUT2D eigenvalue weighted by molar-refractivity contribution is 0.249. The number of urea groups is 1. The van der Waals surface area contributed by atoms with Crippen molar-refractivity contribution < 1.29 is 4.79 Å². The predicted molar refractivity (Wildman–Crippen MR) is 66.2 cm³/mol. The molecule has 1 heterocycles. The van der Waals surface area contributed by atoms with Crippen molar-refractivity contribution >= 4 is 23.3 Å². The Bertz CT molecular complexity index is 529. The molecule has 2 rings (SSSR count). The van der Waals surface area contributed by atoms with Gasteiger partial charge in [-0.15, -0.1) is 10.2 Å². The number of aromatic nitrogens is 4. The van der Waals surface area contributed by atoms with Gasteiger partial charge in [0.15, 0.2) is 5.82 Å². The predicted octanol–water partition coefficient (Wildman–Crippen LogP) is 1.74. The number of halogens is 1. The van der Waals surface area contributed by atoms with Gasteiger partial charge in [0.25, 0.3) is 0 Å². The number of H-pyrrole nitrogens is 1. The molecule has 7 nitrogen and oxygen atoms in total. The summed E-state index contributed by atoms with van der Waals surface area (Å²) in [6.45, 7) is 1.75. The van der Waals surface area contributed by atoms with Gasteiger partial charge in [-0.3, -0.25) is 0 Å². The summed E-state index contributed by atoms with van der Waals surface area (Å²) < 4.78 is 0. The van der Waals surface area contributed by atoms with Crippen molar-refractivity contribution in [3.63, 3.8) is 0 Å². The van der Waals surface area contributed by atoms with Crippen LogP contribution in [0.25, 0.3) is 0 Å². The Morgan fingerprint density at radius 1 is 1.50 bits per heavy atom. The van der Waals surface area contributed by atoms with Gasteiger partial charge >= 0.3 is 6.03 Å². The molecule has 94 valence electrons. The van der Waals surface area contributed by atoms with E-state index in [1.165, 1.54) is 0 Å². The minimum absolute atomic E-state index is 0.345. The number of rotatable bonds is 3. The van der Waals surface area contributed by atoms with Crippen LogP contribution in [0.4, 0.5) is 10.5 Å². The molecule has 0 spiro atoms. The molecule has 1 unspecified atom stereocenters. The van der Waals surface area contributed by atoms with Crippen LogP contribution in [-0.4, -0.2) is 26.7 Å². The maximum Gasteiger partial charge on any atom is 0.319 e. The van der Waals surface area contributed by atoms with Gasteiger partial charge in [-0.1, -0.05) is 22.9 Å². The van der Waals surface area contributed by atoms with Crippen LogP contribution in [0, 0.1) is 0 Å². The van der Waals surface area contributed by atoms with E-state index < -0.39 is 0 Å². The van der Waals surface area contributed by atoms with E-state index in [1.807, 2.05) is 0 Å². The Kier molecular flexibility index (Phi) is 3.73. The monoisotopic (exact) mass is 266 g/mol. The Labute approximate surface area is 108 Å². The highest BCUT2D eigenvalue weighted by atomic mass is 35.5. The third-order valence-electron chi connectivity index (χ3n) is 2.18. The first kappa shape index (κ1) is 12.3. The number of amides is 2. The summed E-state index contributed by atoms with van der Waals surface area (Å²) >= 11 is 5.81. The second kappa shape index (κ2) is 5.46. The molecule has 0 aliphatic rings. The molecular formula is C10H11ClN6O. The fraction of sp³-hybridized carbons (Fsp3) is 0.200. The molecule has 0 aliphatic heterocycles. The topological polar surface area (TPSA) is 95.6 Å². The molecule has 0 aliphatic carbocycles. The van der Waals surface area contributed by atoms with Crippen molar-refractivity contribution in [1.82, 2.24) is 25.9 Å². The minimum atomic E-state index is -0.366. The number of tetrazole rings is 1. The number of anilines is 1. The van der Waals surface area contributed by atoms with Crippen molar-refractivity contribution in [2.24, 2.45) is 0 Å². The number of nitrogens with one attached hydrogen (secondary N) is 3. The molecule has 8 heteroatoms. The Hall–Kier alpha value is -2.15.